The van der Waals surface area contributed by atoms with E-state index in [0.717, 1.165) is 56.5 Å². The lowest BCUT2D eigenvalue weighted by Gasteiger charge is -2.24. The fraction of sp³-hybridized carbons (Fsp3) is 0.667. The molecule has 2 rings (SSSR count). The lowest BCUT2D eigenvalue weighted by atomic mass is 10.1. The monoisotopic (exact) mass is 504 g/mol. The number of halogens is 1. The van der Waals surface area contributed by atoms with Crippen LogP contribution >= 0.6 is 24.0 Å². The SMILES string of the molecule is CCNC(=NCC(O)c1ccc(OC)cc1)N1CCC(CN(CC)CC)C1.I. The maximum absolute atomic E-state index is 10.5. The number of aliphatic imine (C=N–C) groups is 1. The molecule has 28 heavy (non-hydrogen) atoms. The minimum absolute atomic E-state index is 0. The summed E-state index contributed by atoms with van der Waals surface area (Å²) in [6.45, 7) is 13.1. The second kappa shape index (κ2) is 13.2. The standard InChI is InChI=1S/C21H36N4O2.HI/c1-5-22-21(25-13-12-17(16-25)15-24(6-2)7-3)23-14-20(26)18-8-10-19(27-4)11-9-18;/h8-11,17,20,26H,5-7,12-16H2,1-4H3,(H,22,23);1H. The van der Waals surface area contributed by atoms with Gasteiger partial charge >= 0.3 is 0 Å². The molecule has 7 heteroatoms. The van der Waals surface area contributed by atoms with Crippen molar-refractivity contribution in [3.8, 4) is 5.75 Å². The van der Waals surface area contributed by atoms with Crippen LogP contribution in [-0.4, -0.2) is 73.8 Å². The first-order valence-electron chi connectivity index (χ1n) is 10.2. The zero-order valence-electron chi connectivity index (χ0n) is 17.7. The average Bonchev–Trinajstić information content (AvgIpc) is 3.17. The van der Waals surface area contributed by atoms with Crippen LogP contribution in [0.2, 0.25) is 0 Å². The average molecular weight is 504 g/mol. The number of aliphatic hydroxyl groups is 1. The van der Waals surface area contributed by atoms with Crippen molar-refractivity contribution in [2.24, 2.45) is 10.9 Å². The van der Waals surface area contributed by atoms with E-state index >= 15 is 0 Å². The predicted molar refractivity (Wildman–Crippen MR) is 127 cm³/mol. The third kappa shape index (κ3) is 7.40. The van der Waals surface area contributed by atoms with Gasteiger partial charge in [-0.3, -0.25) is 4.99 Å². The molecule has 0 aromatic heterocycles. The number of guanidine groups is 1. The van der Waals surface area contributed by atoms with Crippen LogP contribution in [0.3, 0.4) is 0 Å². The summed E-state index contributed by atoms with van der Waals surface area (Å²) < 4.78 is 5.17. The molecule has 1 aliphatic heterocycles. The van der Waals surface area contributed by atoms with Gasteiger partial charge in [-0.05, 0) is 50.0 Å². The highest BCUT2D eigenvalue weighted by Crippen LogP contribution is 2.20. The maximum Gasteiger partial charge on any atom is 0.194 e. The third-order valence-corrected chi connectivity index (χ3v) is 5.25. The van der Waals surface area contributed by atoms with Crippen LogP contribution < -0.4 is 10.1 Å². The van der Waals surface area contributed by atoms with E-state index in [1.54, 1.807) is 7.11 Å². The summed E-state index contributed by atoms with van der Waals surface area (Å²) in [5, 5.41) is 13.9. The Morgan fingerprint density at radius 2 is 1.96 bits per heavy atom. The Morgan fingerprint density at radius 1 is 1.29 bits per heavy atom. The van der Waals surface area contributed by atoms with Crippen LogP contribution in [0, 0.1) is 5.92 Å². The quantitative estimate of drug-likeness (QED) is 0.308. The minimum Gasteiger partial charge on any atom is -0.497 e. The molecule has 160 valence electrons. The Hall–Kier alpha value is -1.06. The van der Waals surface area contributed by atoms with E-state index in [0.29, 0.717) is 12.5 Å². The van der Waals surface area contributed by atoms with Crippen LogP contribution in [0.5, 0.6) is 5.75 Å². The number of nitrogens with zero attached hydrogens (tertiary/aromatic N) is 3. The highest BCUT2D eigenvalue weighted by atomic mass is 127. The molecule has 1 saturated heterocycles. The molecule has 1 aliphatic rings. The summed E-state index contributed by atoms with van der Waals surface area (Å²) in [5.74, 6) is 2.38. The molecular weight excluding hydrogens is 467 g/mol. The number of likely N-dealkylation sites (tertiary alicyclic amines) is 1. The normalized spacial score (nSPS) is 18.1. The zero-order chi connectivity index (χ0) is 19.6. The molecule has 2 unspecified atom stereocenters. The van der Waals surface area contributed by atoms with Crippen molar-refractivity contribution >= 4 is 29.9 Å². The van der Waals surface area contributed by atoms with Gasteiger partial charge in [0.05, 0.1) is 19.8 Å². The molecule has 0 saturated carbocycles. The van der Waals surface area contributed by atoms with Crippen molar-refractivity contribution in [2.75, 3.05) is 52.9 Å². The van der Waals surface area contributed by atoms with Gasteiger partial charge < -0.3 is 25.0 Å². The summed E-state index contributed by atoms with van der Waals surface area (Å²) >= 11 is 0. The van der Waals surface area contributed by atoms with Gasteiger partial charge in [0, 0.05) is 26.2 Å². The molecule has 1 aromatic carbocycles. The maximum atomic E-state index is 10.5. The van der Waals surface area contributed by atoms with Crippen molar-refractivity contribution in [3.05, 3.63) is 29.8 Å². The van der Waals surface area contributed by atoms with Gasteiger partial charge in [0.1, 0.15) is 5.75 Å². The van der Waals surface area contributed by atoms with Crippen molar-refractivity contribution in [1.82, 2.24) is 15.1 Å². The summed E-state index contributed by atoms with van der Waals surface area (Å²) in [7, 11) is 1.64. The lowest BCUT2D eigenvalue weighted by molar-refractivity contribution is 0.186. The van der Waals surface area contributed by atoms with Crippen molar-refractivity contribution in [2.45, 2.75) is 33.3 Å². The Balaban J connectivity index is 0.00000392. The van der Waals surface area contributed by atoms with Crippen molar-refractivity contribution in [1.29, 1.82) is 0 Å². The number of aliphatic hydroxyl groups excluding tert-OH is 1. The second-order valence-corrected chi connectivity index (χ2v) is 7.07. The fourth-order valence-electron chi connectivity index (χ4n) is 3.55. The van der Waals surface area contributed by atoms with Gasteiger partial charge in [0.25, 0.3) is 0 Å². The molecule has 2 atom stereocenters. The van der Waals surface area contributed by atoms with Gasteiger partial charge in [0.2, 0.25) is 0 Å². The molecule has 1 heterocycles. The fourth-order valence-corrected chi connectivity index (χ4v) is 3.55. The number of methoxy groups -OCH3 is 1. The first-order chi connectivity index (χ1) is 13.1. The summed E-state index contributed by atoms with van der Waals surface area (Å²) in [5.41, 5.74) is 0.858. The smallest absolute Gasteiger partial charge is 0.194 e. The molecule has 1 fully saturated rings. The molecule has 1 aromatic rings. The first kappa shape index (κ1) is 25.0. The number of rotatable bonds is 9. The molecule has 0 amide bonds. The molecule has 2 N–H and O–H groups in total. The van der Waals surface area contributed by atoms with Gasteiger partial charge in [-0.25, -0.2) is 0 Å². The lowest BCUT2D eigenvalue weighted by Crippen LogP contribution is -2.41. The zero-order valence-corrected chi connectivity index (χ0v) is 20.1. The van der Waals surface area contributed by atoms with Gasteiger partial charge in [0.15, 0.2) is 5.96 Å². The largest absolute Gasteiger partial charge is 0.497 e. The molecule has 6 nitrogen and oxygen atoms in total. The topological polar surface area (TPSA) is 60.3 Å². The van der Waals surface area contributed by atoms with Gasteiger partial charge in [-0.1, -0.05) is 26.0 Å². The van der Waals surface area contributed by atoms with Gasteiger partial charge in [-0.2, -0.15) is 0 Å². The van der Waals surface area contributed by atoms with Crippen LogP contribution in [0.25, 0.3) is 0 Å². The van der Waals surface area contributed by atoms with E-state index in [-0.39, 0.29) is 24.0 Å². The molecule has 0 radical (unpaired) electrons. The second-order valence-electron chi connectivity index (χ2n) is 7.07. The first-order valence-corrected chi connectivity index (χ1v) is 10.2. The minimum atomic E-state index is -0.612. The Bertz CT molecular complexity index is 578. The van der Waals surface area contributed by atoms with Crippen molar-refractivity contribution in [3.63, 3.8) is 0 Å². The van der Waals surface area contributed by atoms with E-state index in [4.69, 9.17) is 9.73 Å². The molecule has 0 aliphatic carbocycles. The highest BCUT2D eigenvalue weighted by molar-refractivity contribution is 14.0. The Kier molecular flexibility index (Phi) is 11.8. The van der Waals surface area contributed by atoms with Crippen LogP contribution in [0.4, 0.5) is 0 Å². The van der Waals surface area contributed by atoms with Gasteiger partial charge in [-0.15, -0.1) is 24.0 Å². The van der Waals surface area contributed by atoms with E-state index in [9.17, 15) is 5.11 Å². The van der Waals surface area contributed by atoms with E-state index in [1.165, 1.54) is 6.42 Å². The highest BCUT2D eigenvalue weighted by Gasteiger charge is 2.26. The number of hydrogen-bond acceptors (Lipinski definition) is 4. The number of hydrogen-bond donors (Lipinski definition) is 2. The Morgan fingerprint density at radius 3 is 2.54 bits per heavy atom. The molecular formula is C21H37IN4O2. The van der Waals surface area contributed by atoms with Crippen LogP contribution in [0.1, 0.15) is 38.9 Å². The number of benzene rings is 1. The summed E-state index contributed by atoms with van der Waals surface area (Å²) in [6.07, 6.45) is 0.584. The number of ether oxygens (including phenoxy) is 1. The van der Waals surface area contributed by atoms with Crippen molar-refractivity contribution < 1.29 is 9.84 Å². The van der Waals surface area contributed by atoms with E-state index in [1.807, 2.05) is 24.3 Å². The Labute approximate surface area is 187 Å². The molecule has 0 bridgehead atoms. The summed E-state index contributed by atoms with van der Waals surface area (Å²) in [6, 6.07) is 7.52. The third-order valence-electron chi connectivity index (χ3n) is 5.25. The number of nitrogens with one attached hydrogen (secondary N) is 1. The van der Waals surface area contributed by atoms with E-state index in [2.05, 4.69) is 35.9 Å². The van der Waals surface area contributed by atoms with Crippen LogP contribution in [0.15, 0.2) is 29.3 Å². The molecule has 0 spiro atoms. The summed E-state index contributed by atoms with van der Waals surface area (Å²) in [4.78, 5) is 9.53. The van der Waals surface area contributed by atoms with E-state index < -0.39 is 6.10 Å². The predicted octanol–water partition coefficient (Wildman–Crippen LogP) is 2.98. The van der Waals surface area contributed by atoms with Crippen LogP contribution in [-0.2, 0) is 0 Å².